The monoisotopic (exact) mass is 229 g/mol. The van der Waals surface area contributed by atoms with E-state index in [0.29, 0.717) is 5.69 Å². The summed E-state index contributed by atoms with van der Waals surface area (Å²) in [5.41, 5.74) is 1.47. The maximum absolute atomic E-state index is 12.0. The Morgan fingerprint density at radius 1 is 1.35 bits per heavy atom. The van der Waals surface area contributed by atoms with Crippen LogP contribution in [-0.2, 0) is 7.05 Å². The van der Waals surface area contributed by atoms with Crippen molar-refractivity contribution in [1.29, 1.82) is 0 Å². The molecule has 0 bridgehead atoms. The largest absolute Gasteiger partial charge is 0.383 e. The molecule has 0 aliphatic rings. The Bertz CT molecular complexity index is 581. The van der Waals surface area contributed by atoms with Crippen molar-refractivity contribution in [1.82, 2.24) is 14.7 Å². The van der Waals surface area contributed by atoms with Gasteiger partial charge in [0.1, 0.15) is 5.69 Å². The first-order chi connectivity index (χ1) is 8.09. The Morgan fingerprint density at radius 3 is 2.76 bits per heavy atom. The molecule has 0 atom stereocenters. The molecular formula is C13H15N3O. The molecule has 0 spiro atoms. The van der Waals surface area contributed by atoms with E-state index in [4.69, 9.17) is 0 Å². The van der Waals surface area contributed by atoms with Gasteiger partial charge in [0.05, 0.1) is 5.52 Å². The second-order valence-electron chi connectivity index (χ2n) is 4.13. The second kappa shape index (κ2) is 4.41. The lowest BCUT2D eigenvalue weighted by Crippen LogP contribution is -2.04. The summed E-state index contributed by atoms with van der Waals surface area (Å²) >= 11 is 0. The van der Waals surface area contributed by atoms with Gasteiger partial charge in [0.15, 0.2) is 0 Å². The van der Waals surface area contributed by atoms with Crippen LogP contribution in [0.2, 0.25) is 0 Å². The van der Waals surface area contributed by atoms with Gasteiger partial charge in [0, 0.05) is 38.8 Å². The summed E-state index contributed by atoms with van der Waals surface area (Å²) in [5.74, 6) is -0.0736. The Hall–Kier alpha value is -2.10. The maximum atomic E-state index is 12.0. The number of hydrogen-bond donors (Lipinski definition) is 0. The molecule has 17 heavy (non-hydrogen) atoms. The van der Waals surface area contributed by atoms with Crippen molar-refractivity contribution in [3.05, 3.63) is 42.2 Å². The van der Waals surface area contributed by atoms with E-state index in [1.807, 2.05) is 50.3 Å². The second-order valence-corrected chi connectivity index (χ2v) is 4.13. The van der Waals surface area contributed by atoms with Crippen molar-refractivity contribution in [3.63, 3.8) is 0 Å². The maximum Gasteiger partial charge on any atom is 0.208 e. The average Bonchev–Trinajstić information content (AvgIpc) is 2.65. The number of nitrogens with zero attached hydrogens (tertiary/aromatic N) is 3. The van der Waals surface area contributed by atoms with Crippen LogP contribution in [0.5, 0.6) is 0 Å². The molecule has 1 aromatic carbocycles. The van der Waals surface area contributed by atoms with Crippen LogP contribution < -0.4 is 0 Å². The molecule has 88 valence electrons. The molecule has 0 aliphatic carbocycles. The molecular weight excluding hydrogens is 214 g/mol. The molecule has 0 aliphatic heterocycles. The molecule has 1 heterocycles. The predicted octanol–water partition coefficient (Wildman–Crippen LogP) is 1.83. The van der Waals surface area contributed by atoms with Crippen LogP contribution in [0.1, 0.15) is 10.5 Å². The molecule has 4 heteroatoms. The number of aromatic nitrogens is 2. The summed E-state index contributed by atoms with van der Waals surface area (Å²) in [5, 5.41) is 5.16. The van der Waals surface area contributed by atoms with Crippen molar-refractivity contribution in [3.8, 4) is 0 Å². The predicted molar refractivity (Wildman–Crippen MR) is 67.9 cm³/mol. The van der Waals surface area contributed by atoms with Gasteiger partial charge in [-0.15, -0.1) is 0 Å². The quantitative estimate of drug-likeness (QED) is 0.595. The van der Waals surface area contributed by atoms with Gasteiger partial charge < -0.3 is 4.90 Å². The molecule has 0 amide bonds. The highest BCUT2D eigenvalue weighted by atomic mass is 16.1. The van der Waals surface area contributed by atoms with Crippen molar-refractivity contribution in [2.75, 3.05) is 14.1 Å². The fourth-order valence-corrected chi connectivity index (χ4v) is 1.69. The molecule has 2 aromatic rings. The molecule has 4 nitrogen and oxygen atoms in total. The molecule has 0 saturated carbocycles. The lowest BCUT2D eigenvalue weighted by molar-refractivity contribution is 0.104. The Kier molecular flexibility index (Phi) is 2.95. The van der Waals surface area contributed by atoms with Gasteiger partial charge in [-0.1, -0.05) is 18.2 Å². The number of hydrogen-bond acceptors (Lipinski definition) is 3. The first-order valence-corrected chi connectivity index (χ1v) is 5.40. The molecule has 0 radical (unpaired) electrons. The van der Waals surface area contributed by atoms with Crippen molar-refractivity contribution in [2.24, 2.45) is 7.05 Å². The van der Waals surface area contributed by atoms with E-state index in [1.165, 1.54) is 6.08 Å². The van der Waals surface area contributed by atoms with Gasteiger partial charge in [0.25, 0.3) is 0 Å². The minimum atomic E-state index is -0.0736. The van der Waals surface area contributed by atoms with E-state index in [-0.39, 0.29) is 5.78 Å². The number of aryl methyl sites for hydroxylation is 1. The number of carbonyl (C=O) groups excluding carboxylic acids is 1. The Morgan fingerprint density at radius 2 is 2.06 bits per heavy atom. The molecule has 0 fully saturated rings. The van der Waals surface area contributed by atoms with Crippen LogP contribution in [0.15, 0.2) is 36.5 Å². The van der Waals surface area contributed by atoms with Gasteiger partial charge in [-0.25, -0.2) is 0 Å². The average molecular weight is 229 g/mol. The van der Waals surface area contributed by atoms with Gasteiger partial charge in [-0.05, 0) is 6.07 Å². The van der Waals surface area contributed by atoms with Crippen LogP contribution >= 0.6 is 0 Å². The van der Waals surface area contributed by atoms with Gasteiger partial charge >= 0.3 is 0 Å². The van der Waals surface area contributed by atoms with E-state index < -0.39 is 0 Å². The summed E-state index contributed by atoms with van der Waals surface area (Å²) < 4.78 is 1.73. The standard InChI is InChI=1S/C13H15N3O/c1-15(2)9-8-12(17)13-10-6-4-5-7-11(10)16(3)14-13/h4-9H,1-3H3/b9-8+. The third-order valence-corrected chi connectivity index (χ3v) is 2.52. The zero-order valence-electron chi connectivity index (χ0n) is 10.2. The highest BCUT2D eigenvalue weighted by molar-refractivity contribution is 6.11. The van der Waals surface area contributed by atoms with Crippen LogP contribution in [0, 0.1) is 0 Å². The van der Waals surface area contributed by atoms with Crippen LogP contribution in [0.25, 0.3) is 10.9 Å². The van der Waals surface area contributed by atoms with Gasteiger partial charge in [0.2, 0.25) is 5.78 Å². The summed E-state index contributed by atoms with van der Waals surface area (Å²) in [4.78, 5) is 13.8. The smallest absolute Gasteiger partial charge is 0.208 e. The fourth-order valence-electron chi connectivity index (χ4n) is 1.69. The number of carbonyl (C=O) groups is 1. The lowest BCUT2D eigenvalue weighted by atomic mass is 10.1. The first-order valence-electron chi connectivity index (χ1n) is 5.40. The van der Waals surface area contributed by atoms with E-state index in [0.717, 1.165) is 10.9 Å². The summed E-state index contributed by atoms with van der Waals surface area (Å²) in [6, 6.07) is 7.72. The highest BCUT2D eigenvalue weighted by Gasteiger charge is 2.12. The van der Waals surface area contributed by atoms with Crippen molar-refractivity contribution in [2.45, 2.75) is 0 Å². The fraction of sp³-hybridized carbons (Fsp3) is 0.231. The van der Waals surface area contributed by atoms with Crippen LogP contribution in [0.3, 0.4) is 0 Å². The number of allylic oxidation sites excluding steroid dienone is 1. The Balaban J connectivity index is 2.46. The normalized spacial score (nSPS) is 11.2. The van der Waals surface area contributed by atoms with Gasteiger partial charge in [-0.2, -0.15) is 5.10 Å². The molecule has 0 N–H and O–H groups in total. The van der Waals surface area contributed by atoms with E-state index in [2.05, 4.69) is 5.10 Å². The van der Waals surface area contributed by atoms with E-state index in [9.17, 15) is 4.79 Å². The number of ketones is 1. The minimum absolute atomic E-state index is 0.0736. The van der Waals surface area contributed by atoms with Crippen molar-refractivity contribution < 1.29 is 4.79 Å². The first kappa shape index (κ1) is 11.4. The summed E-state index contributed by atoms with van der Waals surface area (Å²) in [6.45, 7) is 0. The van der Waals surface area contributed by atoms with E-state index in [1.54, 1.807) is 10.9 Å². The lowest BCUT2D eigenvalue weighted by Gasteiger charge is -2.01. The third kappa shape index (κ3) is 2.20. The van der Waals surface area contributed by atoms with Crippen molar-refractivity contribution >= 4 is 16.7 Å². The zero-order valence-corrected chi connectivity index (χ0v) is 10.2. The number of fused-ring (bicyclic) bond motifs is 1. The molecule has 1 aromatic heterocycles. The summed E-state index contributed by atoms with van der Waals surface area (Å²) in [6.07, 6.45) is 3.26. The molecule has 0 unspecified atom stereocenters. The number of rotatable bonds is 3. The van der Waals surface area contributed by atoms with Crippen LogP contribution in [0.4, 0.5) is 0 Å². The molecule has 2 rings (SSSR count). The SMILES string of the molecule is CN(C)/C=C/C(=O)c1nn(C)c2ccccc12. The zero-order chi connectivity index (χ0) is 12.4. The minimum Gasteiger partial charge on any atom is -0.383 e. The summed E-state index contributed by atoms with van der Waals surface area (Å²) in [7, 11) is 5.59. The van der Waals surface area contributed by atoms with Gasteiger partial charge in [-0.3, -0.25) is 9.48 Å². The molecule has 0 saturated heterocycles. The Labute approximate surface area is 100 Å². The third-order valence-electron chi connectivity index (χ3n) is 2.52. The number of para-hydroxylation sites is 1. The van der Waals surface area contributed by atoms with Crippen LogP contribution in [-0.4, -0.2) is 34.6 Å². The van der Waals surface area contributed by atoms with E-state index >= 15 is 0 Å². The number of benzene rings is 1. The highest BCUT2D eigenvalue weighted by Crippen LogP contribution is 2.17. The topological polar surface area (TPSA) is 38.1 Å².